The smallest absolute Gasteiger partial charge is 0.339 e. The van der Waals surface area contributed by atoms with Crippen LogP contribution in [0, 0.1) is 0 Å². The van der Waals surface area contributed by atoms with Gasteiger partial charge < -0.3 is 9.72 Å². The van der Waals surface area contributed by atoms with Crippen molar-refractivity contribution in [2.24, 2.45) is 0 Å². The Bertz CT molecular complexity index is 409. The molecule has 0 aliphatic carbocycles. The highest BCUT2D eigenvalue weighted by Gasteiger charge is 2.12. The number of aromatic amines is 1. The van der Waals surface area contributed by atoms with Crippen LogP contribution in [-0.4, -0.2) is 17.6 Å². The van der Waals surface area contributed by atoms with E-state index < -0.39 is 0 Å². The van der Waals surface area contributed by atoms with Crippen LogP contribution in [0.4, 0.5) is 0 Å². The molecule has 1 aromatic rings. The van der Waals surface area contributed by atoms with E-state index in [0.717, 1.165) is 12.8 Å². The van der Waals surface area contributed by atoms with Gasteiger partial charge in [0.05, 0.1) is 12.2 Å². The molecule has 0 saturated heterocycles. The molecule has 1 aromatic heterocycles. The first kappa shape index (κ1) is 12.5. The Labute approximate surface area is 94.6 Å². The second-order valence-electron chi connectivity index (χ2n) is 3.54. The monoisotopic (exact) mass is 223 g/mol. The van der Waals surface area contributed by atoms with Crippen LogP contribution in [0.2, 0.25) is 0 Å². The summed E-state index contributed by atoms with van der Waals surface area (Å²) < 4.78 is 4.93. The van der Waals surface area contributed by atoms with Gasteiger partial charge in [-0.05, 0) is 25.8 Å². The lowest BCUT2D eigenvalue weighted by molar-refractivity contribution is 0.0524. The summed E-state index contributed by atoms with van der Waals surface area (Å²) in [6.07, 6.45) is 2.65. The van der Waals surface area contributed by atoms with E-state index in [9.17, 15) is 9.59 Å². The Morgan fingerprint density at radius 1 is 1.38 bits per heavy atom. The van der Waals surface area contributed by atoms with Crippen LogP contribution in [-0.2, 0) is 11.2 Å². The summed E-state index contributed by atoms with van der Waals surface area (Å²) in [6.45, 7) is 4.16. The van der Waals surface area contributed by atoms with Crippen LogP contribution in [0.15, 0.2) is 16.9 Å². The molecule has 0 unspecified atom stereocenters. The zero-order chi connectivity index (χ0) is 12.0. The van der Waals surface area contributed by atoms with Gasteiger partial charge in [-0.25, -0.2) is 4.79 Å². The third-order valence-electron chi connectivity index (χ3n) is 2.28. The molecule has 1 heterocycles. The van der Waals surface area contributed by atoms with Gasteiger partial charge in [0, 0.05) is 11.8 Å². The predicted molar refractivity (Wildman–Crippen MR) is 61.6 cm³/mol. The normalized spacial score (nSPS) is 10.1. The van der Waals surface area contributed by atoms with Gasteiger partial charge in [0.1, 0.15) is 0 Å². The Morgan fingerprint density at radius 3 is 2.75 bits per heavy atom. The Hall–Kier alpha value is -1.58. The van der Waals surface area contributed by atoms with Crippen LogP contribution >= 0.6 is 0 Å². The molecule has 0 fully saturated rings. The van der Waals surface area contributed by atoms with Gasteiger partial charge in [0.25, 0.3) is 0 Å². The topological polar surface area (TPSA) is 59.2 Å². The number of carbonyl (C=O) groups is 1. The van der Waals surface area contributed by atoms with Crippen molar-refractivity contribution < 1.29 is 9.53 Å². The molecule has 0 saturated carbocycles. The lowest BCUT2D eigenvalue weighted by Gasteiger charge is -2.07. The van der Waals surface area contributed by atoms with Gasteiger partial charge in [0.2, 0.25) is 5.56 Å². The summed E-state index contributed by atoms with van der Waals surface area (Å²) in [5.74, 6) is -0.371. The molecular weight excluding hydrogens is 206 g/mol. The summed E-state index contributed by atoms with van der Waals surface area (Å²) >= 11 is 0. The van der Waals surface area contributed by atoms with Crippen molar-refractivity contribution >= 4 is 5.97 Å². The van der Waals surface area contributed by atoms with Crippen molar-refractivity contribution in [1.82, 2.24) is 4.98 Å². The number of pyridine rings is 1. The first-order valence-corrected chi connectivity index (χ1v) is 5.58. The van der Waals surface area contributed by atoms with Crippen LogP contribution in [0.3, 0.4) is 0 Å². The Morgan fingerprint density at radius 2 is 2.12 bits per heavy atom. The molecule has 0 aromatic carbocycles. The number of aryl methyl sites for hydroxylation is 1. The van der Waals surface area contributed by atoms with E-state index in [2.05, 4.69) is 11.9 Å². The van der Waals surface area contributed by atoms with Crippen LogP contribution < -0.4 is 5.56 Å². The van der Waals surface area contributed by atoms with E-state index in [0.29, 0.717) is 24.3 Å². The summed E-state index contributed by atoms with van der Waals surface area (Å²) in [6, 6.07) is 2.88. The fourth-order valence-electron chi connectivity index (χ4n) is 1.47. The molecule has 0 atom stereocenters. The summed E-state index contributed by atoms with van der Waals surface area (Å²) in [5, 5.41) is 0. The van der Waals surface area contributed by atoms with Crippen molar-refractivity contribution in [2.75, 3.05) is 6.61 Å². The number of ether oxygens (including phenoxy) is 1. The van der Waals surface area contributed by atoms with Gasteiger partial charge in [-0.2, -0.15) is 0 Å². The molecule has 0 spiro atoms. The minimum Gasteiger partial charge on any atom is -0.462 e. The zero-order valence-corrected chi connectivity index (χ0v) is 9.71. The van der Waals surface area contributed by atoms with Gasteiger partial charge in [0.15, 0.2) is 0 Å². The molecule has 4 heteroatoms. The molecule has 0 bridgehead atoms. The van der Waals surface area contributed by atoms with E-state index in [1.807, 2.05) is 0 Å². The highest BCUT2D eigenvalue weighted by molar-refractivity contribution is 5.90. The molecule has 4 nitrogen and oxygen atoms in total. The molecule has 0 radical (unpaired) electrons. The number of carbonyl (C=O) groups excluding carboxylic acids is 1. The Balaban J connectivity index is 2.97. The largest absolute Gasteiger partial charge is 0.462 e. The van der Waals surface area contributed by atoms with Gasteiger partial charge in [-0.3, -0.25) is 4.79 Å². The number of hydrogen-bond acceptors (Lipinski definition) is 3. The van der Waals surface area contributed by atoms with Crippen LogP contribution in [0.5, 0.6) is 0 Å². The van der Waals surface area contributed by atoms with E-state index in [1.165, 1.54) is 12.1 Å². The number of aromatic nitrogens is 1. The van der Waals surface area contributed by atoms with Gasteiger partial charge >= 0.3 is 5.97 Å². The fourth-order valence-corrected chi connectivity index (χ4v) is 1.47. The van der Waals surface area contributed by atoms with Crippen molar-refractivity contribution in [3.8, 4) is 0 Å². The zero-order valence-electron chi connectivity index (χ0n) is 9.71. The van der Waals surface area contributed by atoms with E-state index >= 15 is 0 Å². The molecule has 88 valence electrons. The quantitative estimate of drug-likeness (QED) is 0.775. The van der Waals surface area contributed by atoms with Crippen molar-refractivity contribution in [2.45, 2.75) is 33.1 Å². The van der Waals surface area contributed by atoms with E-state index in [-0.39, 0.29) is 11.5 Å². The maximum atomic E-state index is 11.6. The SMILES string of the molecule is CCCCc1[nH]c(=O)ccc1C(=O)OCC. The minimum absolute atomic E-state index is 0.181. The molecule has 0 amide bonds. The second-order valence-corrected chi connectivity index (χ2v) is 3.54. The highest BCUT2D eigenvalue weighted by atomic mass is 16.5. The third-order valence-corrected chi connectivity index (χ3v) is 2.28. The maximum Gasteiger partial charge on any atom is 0.339 e. The maximum absolute atomic E-state index is 11.6. The summed E-state index contributed by atoms with van der Waals surface area (Å²) in [7, 11) is 0. The predicted octanol–water partition coefficient (Wildman–Crippen LogP) is 1.89. The molecular formula is C12H17NO3. The molecule has 1 N–H and O–H groups in total. The number of rotatable bonds is 5. The highest BCUT2D eigenvalue weighted by Crippen LogP contribution is 2.09. The number of esters is 1. The van der Waals surface area contributed by atoms with Crippen LogP contribution in [0.1, 0.15) is 42.7 Å². The average Bonchev–Trinajstić information content (AvgIpc) is 2.26. The summed E-state index contributed by atoms with van der Waals surface area (Å²) in [4.78, 5) is 25.5. The van der Waals surface area contributed by atoms with Crippen molar-refractivity contribution in [3.63, 3.8) is 0 Å². The molecule has 0 aliphatic heterocycles. The first-order chi connectivity index (χ1) is 7.69. The molecule has 1 rings (SSSR count). The number of nitrogens with one attached hydrogen (secondary N) is 1. The first-order valence-electron chi connectivity index (χ1n) is 5.58. The third kappa shape index (κ3) is 3.22. The minimum atomic E-state index is -0.371. The second kappa shape index (κ2) is 6.10. The van der Waals surface area contributed by atoms with E-state index in [4.69, 9.17) is 4.74 Å². The molecule has 16 heavy (non-hydrogen) atoms. The number of hydrogen-bond donors (Lipinski definition) is 1. The van der Waals surface area contributed by atoms with Crippen molar-refractivity contribution in [1.29, 1.82) is 0 Å². The Kier molecular flexibility index (Phi) is 4.76. The number of unbranched alkanes of at least 4 members (excludes halogenated alkanes) is 1. The molecule has 0 aliphatic rings. The van der Waals surface area contributed by atoms with E-state index in [1.54, 1.807) is 6.92 Å². The van der Waals surface area contributed by atoms with Crippen molar-refractivity contribution in [3.05, 3.63) is 33.7 Å². The average molecular weight is 223 g/mol. The lowest BCUT2D eigenvalue weighted by atomic mass is 10.1. The summed E-state index contributed by atoms with van der Waals surface area (Å²) in [5.41, 5.74) is 0.960. The van der Waals surface area contributed by atoms with Gasteiger partial charge in [-0.15, -0.1) is 0 Å². The fraction of sp³-hybridized carbons (Fsp3) is 0.500. The standard InChI is InChI=1S/C12H17NO3/c1-3-5-6-10-9(12(15)16-4-2)7-8-11(14)13-10/h7-8H,3-6H2,1-2H3,(H,13,14). The lowest BCUT2D eigenvalue weighted by Crippen LogP contribution is -2.15. The van der Waals surface area contributed by atoms with Gasteiger partial charge in [-0.1, -0.05) is 13.3 Å². The van der Waals surface area contributed by atoms with Crippen LogP contribution in [0.25, 0.3) is 0 Å². The number of H-pyrrole nitrogens is 1.